The molecule has 0 aliphatic carbocycles. The van der Waals surface area contributed by atoms with Gasteiger partial charge in [0, 0.05) is 47.6 Å². The second kappa shape index (κ2) is 10.6. The topological polar surface area (TPSA) is 16.4 Å². The molecule has 2 nitrogen and oxygen atoms in total. The van der Waals surface area contributed by atoms with E-state index in [1.165, 1.54) is 47.3 Å². The molecule has 10 aromatic rings. The maximum Gasteiger partial charge on any atom is 0.159 e. The monoisotopic (exact) mass is 631 g/mol. The van der Waals surface area contributed by atoms with Gasteiger partial charge in [-0.05, 0) is 52.9 Å². The molecule has 10 rings (SSSR count). The first-order valence-electron chi connectivity index (χ1n) is 16.4. The molecule has 0 radical (unpaired) electrons. The van der Waals surface area contributed by atoms with Crippen LogP contribution in [0.15, 0.2) is 162 Å². The standard InChI is InChI=1S/C45H29NOS/c1-28-21-24-31(25-22-28)46(39-20-10-19-37-36-18-9-17-32(43(36)47-44(37)39)29-11-3-2-4-12-29)40-27-41-42(35-16-8-7-15-34(35)40)38-26-23-30-13-5-6-14-33(30)45(38)48-41/h2-27H,1H3. The van der Waals surface area contributed by atoms with Crippen LogP contribution in [-0.2, 0) is 0 Å². The number of furan rings is 1. The van der Waals surface area contributed by atoms with Crippen LogP contribution in [0.5, 0.6) is 0 Å². The summed E-state index contributed by atoms with van der Waals surface area (Å²) in [6, 6.07) is 56.9. The van der Waals surface area contributed by atoms with Crippen LogP contribution >= 0.6 is 11.3 Å². The molecule has 0 atom stereocenters. The Labute approximate surface area is 281 Å². The number of hydrogen-bond acceptors (Lipinski definition) is 3. The van der Waals surface area contributed by atoms with Crippen molar-refractivity contribution in [1.82, 2.24) is 0 Å². The van der Waals surface area contributed by atoms with Gasteiger partial charge >= 0.3 is 0 Å². The molecule has 0 aliphatic heterocycles. The van der Waals surface area contributed by atoms with E-state index in [2.05, 4.69) is 170 Å². The molecule has 0 aliphatic rings. The van der Waals surface area contributed by atoms with Crippen LogP contribution in [0.2, 0.25) is 0 Å². The number of hydrogen-bond donors (Lipinski definition) is 0. The zero-order valence-corrected chi connectivity index (χ0v) is 27.1. The third-order valence-corrected chi connectivity index (χ3v) is 10.9. The Morgan fingerprint density at radius 1 is 0.500 bits per heavy atom. The fourth-order valence-corrected chi connectivity index (χ4v) is 8.75. The average molecular weight is 632 g/mol. The number of thiophene rings is 1. The molecule has 48 heavy (non-hydrogen) atoms. The Morgan fingerprint density at radius 3 is 2.02 bits per heavy atom. The molecule has 0 saturated heterocycles. The van der Waals surface area contributed by atoms with E-state index in [4.69, 9.17) is 4.42 Å². The van der Waals surface area contributed by atoms with Crippen molar-refractivity contribution in [3.63, 3.8) is 0 Å². The molecular formula is C45H29NOS. The number of anilines is 3. The highest BCUT2D eigenvalue weighted by molar-refractivity contribution is 7.27. The van der Waals surface area contributed by atoms with Crippen molar-refractivity contribution < 1.29 is 4.42 Å². The first-order valence-corrected chi connectivity index (χ1v) is 17.2. The number of rotatable bonds is 4. The van der Waals surface area contributed by atoms with Gasteiger partial charge in [0.2, 0.25) is 0 Å². The van der Waals surface area contributed by atoms with Crippen molar-refractivity contribution in [2.45, 2.75) is 6.92 Å². The van der Waals surface area contributed by atoms with Crippen molar-refractivity contribution in [2.24, 2.45) is 0 Å². The summed E-state index contributed by atoms with van der Waals surface area (Å²) in [7, 11) is 0. The number of para-hydroxylation sites is 2. The predicted octanol–water partition coefficient (Wildman–Crippen LogP) is 13.7. The largest absolute Gasteiger partial charge is 0.453 e. The minimum absolute atomic E-state index is 0.878. The normalized spacial score (nSPS) is 11.9. The third kappa shape index (κ3) is 4.05. The maximum atomic E-state index is 6.97. The summed E-state index contributed by atoms with van der Waals surface area (Å²) in [6.07, 6.45) is 0. The minimum Gasteiger partial charge on any atom is -0.453 e. The van der Waals surface area contributed by atoms with E-state index in [-0.39, 0.29) is 0 Å². The smallest absolute Gasteiger partial charge is 0.159 e. The lowest BCUT2D eigenvalue weighted by Gasteiger charge is -2.27. The molecule has 226 valence electrons. The Kier molecular flexibility index (Phi) is 5.99. The molecule has 0 N–H and O–H groups in total. The van der Waals surface area contributed by atoms with E-state index in [9.17, 15) is 0 Å². The van der Waals surface area contributed by atoms with Crippen molar-refractivity contribution in [3.8, 4) is 11.1 Å². The van der Waals surface area contributed by atoms with Crippen LogP contribution in [-0.4, -0.2) is 0 Å². The van der Waals surface area contributed by atoms with Gasteiger partial charge in [-0.1, -0.05) is 139 Å². The van der Waals surface area contributed by atoms with Crippen LogP contribution in [0.1, 0.15) is 5.56 Å². The average Bonchev–Trinajstić information content (AvgIpc) is 3.72. The van der Waals surface area contributed by atoms with E-state index in [1.807, 2.05) is 11.3 Å². The summed E-state index contributed by atoms with van der Waals surface area (Å²) in [5.41, 5.74) is 8.50. The first-order chi connectivity index (χ1) is 23.7. The van der Waals surface area contributed by atoms with Crippen LogP contribution in [0.3, 0.4) is 0 Å². The highest BCUT2D eigenvalue weighted by Gasteiger charge is 2.24. The number of fused-ring (bicyclic) bond motifs is 10. The first kappa shape index (κ1) is 27.2. The van der Waals surface area contributed by atoms with E-state index in [1.54, 1.807) is 0 Å². The number of benzene rings is 8. The number of nitrogens with zero attached hydrogens (tertiary/aromatic N) is 1. The minimum atomic E-state index is 0.878. The van der Waals surface area contributed by atoms with Gasteiger partial charge in [-0.3, -0.25) is 0 Å². The molecule has 0 amide bonds. The van der Waals surface area contributed by atoms with Gasteiger partial charge in [0.1, 0.15) is 5.58 Å². The molecule has 0 spiro atoms. The van der Waals surface area contributed by atoms with Gasteiger partial charge in [-0.2, -0.15) is 0 Å². The SMILES string of the molecule is Cc1ccc(N(c2cc3sc4c5ccccc5ccc4c3c3ccccc23)c2cccc3c2oc2c(-c4ccccc4)cccc23)cc1. The molecule has 8 aromatic carbocycles. The van der Waals surface area contributed by atoms with Gasteiger partial charge in [0.05, 0.1) is 11.4 Å². The Balaban J connectivity index is 1.30. The lowest BCUT2D eigenvalue weighted by atomic mass is 9.99. The quantitative estimate of drug-likeness (QED) is 0.192. The highest BCUT2D eigenvalue weighted by atomic mass is 32.1. The molecule has 0 saturated carbocycles. The number of aryl methyl sites for hydroxylation is 1. The summed E-state index contributed by atoms with van der Waals surface area (Å²) in [5.74, 6) is 0. The molecule has 0 fully saturated rings. The zero-order chi connectivity index (χ0) is 31.8. The van der Waals surface area contributed by atoms with E-state index >= 15 is 0 Å². The van der Waals surface area contributed by atoms with Crippen molar-refractivity contribution in [3.05, 3.63) is 163 Å². The molecule has 0 unspecified atom stereocenters. The fraction of sp³-hybridized carbons (Fsp3) is 0.0222. The van der Waals surface area contributed by atoms with Crippen LogP contribution in [0.25, 0.3) is 74.8 Å². The lowest BCUT2D eigenvalue weighted by Crippen LogP contribution is -2.11. The Hall–Kier alpha value is -5.90. The molecular weight excluding hydrogens is 603 g/mol. The van der Waals surface area contributed by atoms with E-state index in [0.717, 1.165) is 50.1 Å². The van der Waals surface area contributed by atoms with Crippen molar-refractivity contribution in [1.29, 1.82) is 0 Å². The summed E-state index contributed by atoms with van der Waals surface area (Å²) in [5, 5.41) is 9.89. The lowest BCUT2D eigenvalue weighted by molar-refractivity contribution is 0.670. The molecule has 3 heteroatoms. The maximum absolute atomic E-state index is 6.97. The summed E-state index contributed by atoms with van der Waals surface area (Å²) in [4.78, 5) is 2.40. The second-order valence-electron chi connectivity index (χ2n) is 12.6. The van der Waals surface area contributed by atoms with Gasteiger partial charge in [-0.25, -0.2) is 0 Å². The van der Waals surface area contributed by atoms with Crippen LogP contribution < -0.4 is 4.90 Å². The third-order valence-electron chi connectivity index (χ3n) is 9.71. The van der Waals surface area contributed by atoms with Crippen LogP contribution in [0.4, 0.5) is 17.1 Å². The molecule has 2 heterocycles. The van der Waals surface area contributed by atoms with Crippen molar-refractivity contribution >= 4 is 92.1 Å². The van der Waals surface area contributed by atoms with Crippen molar-refractivity contribution in [2.75, 3.05) is 4.90 Å². The second-order valence-corrected chi connectivity index (χ2v) is 13.6. The van der Waals surface area contributed by atoms with E-state index in [0.29, 0.717) is 0 Å². The Bertz CT molecular complexity index is 2840. The molecule has 0 bridgehead atoms. The van der Waals surface area contributed by atoms with Gasteiger partial charge < -0.3 is 9.32 Å². The van der Waals surface area contributed by atoms with E-state index < -0.39 is 0 Å². The van der Waals surface area contributed by atoms with Gasteiger partial charge in [0.15, 0.2) is 5.58 Å². The highest BCUT2D eigenvalue weighted by Crippen LogP contribution is 2.49. The van der Waals surface area contributed by atoms with Crippen LogP contribution in [0, 0.1) is 6.92 Å². The molecule has 2 aromatic heterocycles. The summed E-state index contributed by atoms with van der Waals surface area (Å²) in [6.45, 7) is 2.14. The van der Waals surface area contributed by atoms with Gasteiger partial charge in [-0.15, -0.1) is 11.3 Å². The van der Waals surface area contributed by atoms with Gasteiger partial charge in [0.25, 0.3) is 0 Å². The zero-order valence-electron chi connectivity index (χ0n) is 26.3. The fourth-order valence-electron chi connectivity index (χ4n) is 7.46. The predicted molar refractivity (Wildman–Crippen MR) is 206 cm³/mol. The summed E-state index contributed by atoms with van der Waals surface area (Å²) < 4.78 is 9.58. The Morgan fingerprint density at radius 2 is 1.19 bits per heavy atom. The summed E-state index contributed by atoms with van der Waals surface area (Å²) >= 11 is 1.89.